The molecule has 0 atom stereocenters. The number of aromatic nitrogens is 2. The van der Waals surface area contributed by atoms with Crippen molar-refractivity contribution in [3.63, 3.8) is 0 Å². The van der Waals surface area contributed by atoms with Crippen molar-refractivity contribution in [2.24, 2.45) is 0 Å². The van der Waals surface area contributed by atoms with E-state index in [-0.39, 0.29) is 0 Å². The van der Waals surface area contributed by atoms with Crippen LogP contribution in [0.4, 0.5) is 13.2 Å². The lowest BCUT2D eigenvalue weighted by Gasteiger charge is -2.05. The molecule has 0 saturated heterocycles. The van der Waals surface area contributed by atoms with Crippen LogP contribution in [0.1, 0.15) is 5.56 Å². The lowest BCUT2D eigenvalue weighted by atomic mass is 10.1. The van der Waals surface area contributed by atoms with Gasteiger partial charge in [-0.05, 0) is 18.2 Å². The number of fused-ring (bicyclic) bond motifs is 1. The Hall–Kier alpha value is -1.52. The standard InChI is InChI=1S/C8H4F3N2/c9-8(10,11)6-1-2-7-5(3-6)4-12-13-7/h1-3H,(H,12,13). The first-order valence-corrected chi connectivity index (χ1v) is 3.50. The summed E-state index contributed by atoms with van der Waals surface area (Å²) in [5, 5.41) is 6.37. The second kappa shape index (κ2) is 2.48. The first-order valence-electron chi connectivity index (χ1n) is 3.50. The summed E-state index contributed by atoms with van der Waals surface area (Å²) in [6, 6.07) is 3.36. The Balaban J connectivity index is 2.61. The second-order valence-corrected chi connectivity index (χ2v) is 2.59. The normalized spacial score (nSPS) is 12.2. The Morgan fingerprint density at radius 2 is 2.08 bits per heavy atom. The minimum absolute atomic E-state index is 0.342. The number of aromatic amines is 1. The van der Waals surface area contributed by atoms with Crippen molar-refractivity contribution in [2.45, 2.75) is 6.18 Å². The Morgan fingerprint density at radius 3 is 2.77 bits per heavy atom. The molecule has 1 N–H and O–H groups in total. The molecule has 0 aliphatic rings. The van der Waals surface area contributed by atoms with Gasteiger partial charge in [0.15, 0.2) is 0 Å². The third-order valence-corrected chi connectivity index (χ3v) is 1.70. The van der Waals surface area contributed by atoms with Gasteiger partial charge in [-0.25, -0.2) is 0 Å². The van der Waals surface area contributed by atoms with E-state index in [1.807, 2.05) is 0 Å². The summed E-state index contributed by atoms with van der Waals surface area (Å²) in [5.41, 5.74) is -0.134. The molecule has 0 unspecified atom stereocenters. The largest absolute Gasteiger partial charge is 0.416 e. The smallest absolute Gasteiger partial charge is 0.277 e. The Bertz CT molecular complexity index is 430. The minimum atomic E-state index is -4.31. The average Bonchev–Trinajstić information content (AvgIpc) is 2.47. The van der Waals surface area contributed by atoms with Crippen LogP contribution in [-0.4, -0.2) is 10.2 Å². The SMILES string of the molecule is FC(F)(F)c1ccc2[nH]n[c]c2c1. The summed E-state index contributed by atoms with van der Waals surface area (Å²) in [7, 11) is 0. The summed E-state index contributed by atoms with van der Waals surface area (Å²) < 4.78 is 36.5. The van der Waals surface area contributed by atoms with Crippen LogP contribution in [0.25, 0.3) is 10.9 Å². The van der Waals surface area contributed by atoms with Crippen molar-refractivity contribution in [1.82, 2.24) is 10.2 Å². The van der Waals surface area contributed by atoms with Crippen LogP contribution in [0.2, 0.25) is 0 Å². The zero-order valence-corrected chi connectivity index (χ0v) is 6.31. The Labute approximate surface area is 71.4 Å². The van der Waals surface area contributed by atoms with Crippen molar-refractivity contribution >= 4 is 10.9 Å². The molecule has 67 valence electrons. The molecule has 0 spiro atoms. The molecule has 1 radical (unpaired) electrons. The third kappa shape index (κ3) is 1.37. The van der Waals surface area contributed by atoms with E-state index < -0.39 is 11.7 Å². The van der Waals surface area contributed by atoms with Gasteiger partial charge < -0.3 is 0 Å². The van der Waals surface area contributed by atoms with Crippen LogP contribution in [0, 0.1) is 6.20 Å². The maximum Gasteiger partial charge on any atom is 0.416 e. The van der Waals surface area contributed by atoms with Gasteiger partial charge in [-0.3, -0.25) is 5.10 Å². The lowest BCUT2D eigenvalue weighted by Crippen LogP contribution is -2.03. The molecule has 5 heteroatoms. The van der Waals surface area contributed by atoms with Crippen LogP contribution in [-0.2, 0) is 6.18 Å². The molecule has 2 rings (SSSR count). The molecular formula is C8H4F3N2. The monoisotopic (exact) mass is 185 g/mol. The number of nitrogens with zero attached hydrogens (tertiary/aromatic N) is 1. The second-order valence-electron chi connectivity index (χ2n) is 2.59. The van der Waals surface area contributed by atoms with Gasteiger partial charge in [0.2, 0.25) is 0 Å². The highest BCUT2D eigenvalue weighted by molar-refractivity contribution is 5.77. The van der Waals surface area contributed by atoms with Crippen molar-refractivity contribution < 1.29 is 13.2 Å². The summed E-state index contributed by atoms with van der Waals surface area (Å²) in [5.74, 6) is 0. The number of rotatable bonds is 0. The topological polar surface area (TPSA) is 28.7 Å². The number of benzene rings is 1. The number of alkyl halides is 3. The van der Waals surface area contributed by atoms with Gasteiger partial charge in [0, 0.05) is 5.39 Å². The predicted octanol–water partition coefficient (Wildman–Crippen LogP) is 2.38. The molecule has 1 aromatic carbocycles. The van der Waals surface area contributed by atoms with E-state index in [0.29, 0.717) is 10.9 Å². The minimum Gasteiger partial charge on any atom is -0.277 e. The Kier molecular flexibility index (Phi) is 1.55. The number of halogens is 3. The zero-order valence-electron chi connectivity index (χ0n) is 6.31. The summed E-state index contributed by atoms with van der Waals surface area (Å²) in [6.07, 6.45) is -1.88. The molecule has 0 fully saturated rings. The highest BCUT2D eigenvalue weighted by Crippen LogP contribution is 2.30. The van der Waals surface area contributed by atoms with Crippen LogP contribution in [0.3, 0.4) is 0 Å². The first kappa shape index (κ1) is 8.10. The Morgan fingerprint density at radius 1 is 1.31 bits per heavy atom. The highest BCUT2D eigenvalue weighted by atomic mass is 19.4. The summed E-state index contributed by atoms with van der Waals surface area (Å²) in [4.78, 5) is 0. The molecule has 0 bridgehead atoms. The predicted molar refractivity (Wildman–Crippen MR) is 39.9 cm³/mol. The molecule has 0 amide bonds. The quantitative estimate of drug-likeness (QED) is 0.670. The fraction of sp³-hybridized carbons (Fsp3) is 0.125. The maximum atomic E-state index is 12.2. The number of H-pyrrole nitrogens is 1. The molecule has 0 saturated carbocycles. The molecule has 0 aliphatic carbocycles. The van der Waals surface area contributed by atoms with Gasteiger partial charge in [0.05, 0.1) is 11.1 Å². The van der Waals surface area contributed by atoms with Crippen LogP contribution in [0.15, 0.2) is 18.2 Å². The molecular weight excluding hydrogens is 181 g/mol. The van der Waals surface area contributed by atoms with E-state index in [1.54, 1.807) is 0 Å². The summed E-state index contributed by atoms with van der Waals surface area (Å²) in [6.45, 7) is 0. The molecule has 2 nitrogen and oxygen atoms in total. The van der Waals surface area contributed by atoms with Crippen molar-refractivity contribution in [1.29, 1.82) is 0 Å². The van der Waals surface area contributed by atoms with Gasteiger partial charge in [0.25, 0.3) is 0 Å². The van der Waals surface area contributed by atoms with Crippen LogP contribution < -0.4 is 0 Å². The third-order valence-electron chi connectivity index (χ3n) is 1.70. The number of hydrogen-bond acceptors (Lipinski definition) is 1. The average molecular weight is 185 g/mol. The molecule has 13 heavy (non-hydrogen) atoms. The van der Waals surface area contributed by atoms with Crippen molar-refractivity contribution in [3.05, 3.63) is 30.0 Å². The maximum absolute atomic E-state index is 12.2. The molecule has 1 heterocycles. The van der Waals surface area contributed by atoms with Gasteiger partial charge in [-0.15, -0.1) is 0 Å². The molecule has 0 aliphatic heterocycles. The molecule has 1 aromatic heterocycles. The van der Waals surface area contributed by atoms with E-state index in [9.17, 15) is 13.2 Å². The number of hydrogen-bond donors (Lipinski definition) is 1. The van der Waals surface area contributed by atoms with Gasteiger partial charge in [-0.1, -0.05) is 0 Å². The van der Waals surface area contributed by atoms with Gasteiger partial charge in [0.1, 0.15) is 6.20 Å². The van der Waals surface area contributed by atoms with Crippen molar-refractivity contribution in [3.8, 4) is 0 Å². The highest BCUT2D eigenvalue weighted by Gasteiger charge is 2.30. The van der Waals surface area contributed by atoms with E-state index in [0.717, 1.165) is 12.1 Å². The van der Waals surface area contributed by atoms with E-state index in [1.165, 1.54) is 6.07 Å². The molecule has 2 aromatic rings. The fourth-order valence-electron chi connectivity index (χ4n) is 1.06. The fourth-order valence-corrected chi connectivity index (χ4v) is 1.06. The zero-order chi connectivity index (χ0) is 9.47. The number of nitrogens with one attached hydrogen (secondary N) is 1. The van der Waals surface area contributed by atoms with Gasteiger partial charge >= 0.3 is 6.18 Å². The van der Waals surface area contributed by atoms with Crippen LogP contribution >= 0.6 is 0 Å². The lowest BCUT2D eigenvalue weighted by molar-refractivity contribution is -0.137. The van der Waals surface area contributed by atoms with E-state index >= 15 is 0 Å². The summed E-state index contributed by atoms with van der Waals surface area (Å²) >= 11 is 0. The van der Waals surface area contributed by atoms with Crippen molar-refractivity contribution in [2.75, 3.05) is 0 Å². The van der Waals surface area contributed by atoms with E-state index in [2.05, 4.69) is 16.4 Å². The first-order chi connectivity index (χ1) is 6.07. The van der Waals surface area contributed by atoms with Gasteiger partial charge in [-0.2, -0.15) is 18.3 Å². The van der Waals surface area contributed by atoms with Crippen LogP contribution in [0.5, 0.6) is 0 Å². The van der Waals surface area contributed by atoms with E-state index in [4.69, 9.17) is 0 Å².